The van der Waals surface area contributed by atoms with Crippen molar-refractivity contribution in [3.8, 4) is 16.3 Å². The number of aliphatic carboxylic acids is 1. The van der Waals surface area contributed by atoms with Crippen molar-refractivity contribution in [1.82, 2.24) is 9.97 Å². The molecule has 0 aliphatic heterocycles. The molecule has 0 amide bonds. The lowest BCUT2D eigenvalue weighted by Gasteiger charge is -2.10. The summed E-state index contributed by atoms with van der Waals surface area (Å²) in [4.78, 5) is 21.1. The van der Waals surface area contributed by atoms with Crippen molar-refractivity contribution < 1.29 is 19.0 Å². The van der Waals surface area contributed by atoms with Crippen LogP contribution in [0.3, 0.4) is 0 Å². The van der Waals surface area contributed by atoms with Gasteiger partial charge in [0.2, 0.25) is 0 Å². The van der Waals surface area contributed by atoms with Gasteiger partial charge in [-0.15, -0.1) is 11.3 Å². The Morgan fingerprint density at radius 1 is 1.20 bits per heavy atom. The monoisotopic (exact) mass is 426 g/mol. The van der Waals surface area contributed by atoms with Crippen LogP contribution in [0.4, 0.5) is 4.39 Å². The van der Waals surface area contributed by atoms with Crippen molar-refractivity contribution in [1.29, 1.82) is 0 Å². The second-order valence-electron chi connectivity index (χ2n) is 7.42. The first-order valence-corrected chi connectivity index (χ1v) is 11.0. The molecule has 1 aliphatic rings. The third-order valence-corrected chi connectivity index (χ3v) is 6.35. The highest BCUT2D eigenvalue weighted by Gasteiger charge is 2.18. The third-order valence-electron chi connectivity index (χ3n) is 5.16. The number of hydrogen-bond donors (Lipinski definition) is 1. The number of ether oxygens (including phenoxy) is 1. The SMILES string of the molecule is O=C(O)CCCc1ccc(OCc2cc(F)ccc2-c2nc3c(s2)CCCC3)cn1. The van der Waals surface area contributed by atoms with Gasteiger partial charge < -0.3 is 9.84 Å². The van der Waals surface area contributed by atoms with E-state index in [-0.39, 0.29) is 18.8 Å². The molecule has 0 saturated carbocycles. The molecule has 0 spiro atoms. The Morgan fingerprint density at radius 3 is 2.83 bits per heavy atom. The van der Waals surface area contributed by atoms with E-state index < -0.39 is 5.97 Å². The van der Waals surface area contributed by atoms with Gasteiger partial charge in [0.15, 0.2) is 0 Å². The molecule has 0 unspecified atom stereocenters. The lowest BCUT2D eigenvalue weighted by Crippen LogP contribution is -2.01. The highest BCUT2D eigenvalue weighted by molar-refractivity contribution is 7.15. The van der Waals surface area contributed by atoms with Crippen LogP contribution in [-0.4, -0.2) is 21.0 Å². The number of aryl methyl sites for hydroxylation is 3. The molecule has 2 aromatic heterocycles. The van der Waals surface area contributed by atoms with E-state index in [4.69, 9.17) is 14.8 Å². The van der Waals surface area contributed by atoms with Crippen molar-refractivity contribution in [2.75, 3.05) is 0 Å². The second kappa shape index (κ2) is 9.34. The van der Waals surface area contributed by atoms with Gasteiger partial charge in [-0.05, 0) is 68.9 Å². The minimum Gasteiger partial charge on any atom is -0.487 e. The molecule has 4 rings (SSSR count). The van der Waals surface area contributed by atoms with Gasteiger partial charge in [0, 0.05) is 28.1 Å². The summed E-state index contributed by atoms with van der Waals surface area (Å²) < 4.78 is 19.8. The number of carbonyl (C=O) groups is 1. The molecule has 30 heavy (non-hydrogen) atoms. The summed E-state index contributed by atoms with van der Waals surface area (Å²) in [6.07, 6.45) is 7.37. The van der Waals surface area contributed by atoms with E-state index in [9.17, 15) is 9.18 Å². The lowest BCUT2D eigenvalue weighted by atomic mass is 10.0. The Labute approximate surface area is 178 Å². The fourth-order valence-electron chi connectivity index (χ4n) is 3.58. The maximum Gasteiger partial charge on any atom is 0.303 e. The summed E-state index contributed by atoms with van der Waals surface area (Å²) in [7, 11) is 0. The molecule has 0 bridgehead atoms. The lowest BCUT2D eigenvalue weighted by molar-refractivity contribution is -0.137. The molecule has 156 valence electrons. The number of pyridine rings is 1. The number of fused-ring (bicyclic) bond motifs is 1. The normalized spacial score (nSPS) is 13.1. The van der Waals surface area contributed by atoms with E-state index >= 15 is 0 Å². The zero-order valence-electron chi connectivity index (χ0n) is 16.6. The van der Waals surface area contributed by atoms with Gasteiger partial charge in [-0.3, -0.25) is 9.78 Å². The first-order valence-electron chi connectivity index (χ1n) is 10.2. The molecule has 5 nitrogen and oxygen atoms in total. The number of thiazole rings is 1. The maximum atomic E-state index is 13.9. The Balaban J connectivity index is 1.45. The molecule has 3 aromatic rings. The number of nitrogens with zero attached hydrogens (tertiary/aromatic N) is 2. The average molecular weight is 427 g/mol. The largest absolute Gasteiger partial charge is 0.487 e. The summed E-state index contributed by atoms with van der Waals surface area (Å²) >= 11 is 1.70. The Kier molecular flexibility index (Phi) is 6.38. The summed E-state index contributed by atoms with van der Waals surface area (Å²) in [5.41, 5.74) is 3.67. The van der Waals surface area contributed by atoms with Crippen LogP contribution in [0.15, 0.2) is 36.5 Å². The standard InChI is InChI=1S/C23H23FN2O3S/c24-16-8-11-19(23-26-20-5-1-2-6-21(20)30-23)15(12-16)14-29-18-10-9-17(25-13-18)4-3-7-22(27)28/h8-13H,1-7,14H2,(H,27,28). The minimum absolute atomic E-state index is 0.127. The molecular weight excluding hydrogens is 403 g/mol. The molecule has 0 saturated heterocycles. The summed E-state index contributed by atoms with van der Waals surface area (Å²) in [5.74, 6) is -0.516. The predicted octanol–water partition coefficient (Wildman–Crippen LogP) is 5.21. The Hall–Kier alpha value is -2.80. The van der Waals surface area contributed by atoms with Crippen LogP contribution in [0.5, 0.6) is 5.75 Å². The third kappa shape index (κ3) is 5.02. The zero-order valence-corrected chi connectivity index (χ0v) is 17.4. The fraction of sp³-hybridized carbons (Fsp3) is 0.348. The molecule has 1 N–H and O–H groups in total. The van der Waals surface area contributed by atoms with Gasteiger partial charge in [-0.2, -0.15) is 0 Å². The molecule has 0 fully saturated rings. The number of halogens is 1. The van der Waals surface area contributed by atoms with Crippen molar-refractivity contribution in [2.45, 2.75) is 51.6 Å². The van der Waals surface area contributed by atoms with E-state index in [1.54, 1.807) is 23.6 Å². The van der Waals surface area contributed by atoms with Crippen molar-refractivity contribution >= 4 is 17.3 Å². The van der Waals surface area contributed by atoms with Crippen LogP contribution >= 0.6 is 11.3 Å². The highest BCUT2D eigenvalue weighted by atomic mass is 32.1. The van der Waals surface area contributed by atoms with E-state index in [0.717, 1.165) is 34.7 Å². The smallest absolute Gasteiger partial charge is 0.303 e. The zero-order chi connectivity index (χ0) is 20.9. The van der Waals surface area contributed by atoms with Crippen molar-refractivity contribution in [2.24, 2.45) is 0 Å². The Bertz CT molecular complexity index is 1010. The number of aromatic nitrogens is 2. The van der Waals surface area contributed by atoms with Gasteiger partial charge >= 0.3 is 5.97 Å². The van der Waals surface area contributed by atoms with Crippen LogP contribution in [0.25, 0.3) is 10.6 Å². The van der Waals surface area contributed by atoms with E-state index in [2.05, 4.69) is 4.98 Å². The Morgan fingerprint density at radius 2 is 2.07 bits per heavy atom. The fourth-order valence-corrected chi connectivity index (χ4v) is 4.79. The first kappa shape index (κ1) is 20.5. The van der Waals surface area contributed by atoms with Gasteiger partial charge in [0.05, 0.1) is 11.9 Å². The van der Waals surface area contributed by atoms with E-state index in [0.29, 0.717) is 18.6 Å². The number of benzene rings is 1. The summed E-state index contributed by atoms with van der Waals surface area (Å²) in [6.45, 7) is 0.220. The summed E-state index contributed by atoms with van der Waals surface area (Å²) in [5, 5.41) is 9.64. The number of carboxylic acids is 1. The molecule has 7 heteroatoms. The van der Waals surface area contributed by atoms with Crippen molar-refractivity contribution in [3.63, 3.8) is 0 Å². The number of rotatable bonds is 8. The van der Waals surface area contributed by atoms with Gasteiger partial charge in [-0.1, -0.05) is 0 Å². The maximum absolute atomic E-state index is 13.9. The molecular formula is C23H23FN2O3S. The number of carboxylic acid groups (broad SMARTS) is 1. The number of hydrogen-bond acceptors (Lipinski definition) is 5. The molecule has 1 aromatic carbocycles. The van der Waals surface area contributed by atoms with Gasteiger partial charge in [0.1, 0.15) is 23.2 Å². The predicted molar refractivity (Wildman–Crippen MR) is 113 cm³/mol. The van der Waals surface area contributed by atoms with Crippen LogP contribution < -0.4 is 4.74 Å². The topological polar surface area (TPSA) is 72.3 Å². The first-order chi connectivity index (χ1) is 14.6. The van der Waals surface area contributed by atoms with Gasteiger partial charge in [0.25, 0.3) is 0 Å². The van der Waals surface area contributed by atoms with Gasteiger partial charge in [-0.25, -0.2) is 9.37 Å². The van der Waals surface area contributed by atoms with Crippen LogP contribution in [0, 0.1) is 5.82 Å². The minimum atomic E-state index is -0.804. The molecule has 2 heterocycles. The van der Waals surface area contributed by atoms with Crippen LogP contribution in [-0.2, 0) is 30.7 Å². The summed E-state index contributed by atoms with van der Waals surface area (Å²) in [6, 6.07) is 8.39. The second-order valence-corrected chi connectivity index (χ2v) is 8.50. The molecule has 0 atom stereocenters. The quantitative estimate of drug-likeness (QED) is 0.535. The van der Waals surface area contributed by atoms with E-state index in [1.807, 2.05) is 12.1 Å². The van der Waals surface area contributed by atoms with E-state index in [1.165, 1.54) is 35.5 Å². The highest BCUT2D eigenvalue weighted by Crippen LogP contribution is 2.34. The average Bonchev–Trinajstić information content (AvgIpc) is 3.17. The van der Waals surface area contributed by atoms with Crippen LogP contribution in [0.1, 0.15) is 47.5 Å². The molecule has 1 aliphatic carbocycles. The van der Waals surface area contributed by atoms with Crippen LogP contribution in [0.2, 0.25) is 0 Å². The van der Waals surface area contributed by atoms with Crippen molar-refractivity contribution in [3.05, 3.63) is 64.2 Å². The molecule has 0 radical (unpaired) electrons.